The maximum atomic E-state index is 13.1. The van der Waals surface area contributed by atoms with E-state index < -0.39 is 23.5 Å². The summed E-state index contributed by atoms with van der Waals surface area (Å²) in [7, 11) is 0. The first-order valence-corrected chi connectivity index (χ1v) is 14.5. The third-order valence-electron chi connectivity index (χ3n) is 7.49. The molecule has 2 atom stereocenters. The molecule has 41 heavy (non-hydrogen) atoms. The number of carboxylic acid groups (broad SMARTS) is 1. The van der Waals surface area contributed by atoms with E-state index in [0.29, 0.717) is 50.4 Å². The molecule has 3 rings (SSSR count). The quantitative estimate of drug-likeness (QED) is 0.391. The van der Waals surface area contributed by atoms with Crippen molar-refractivity contribution in [2.24, 2.45) is 11.8 Å². The molecule has 1 aromatic rings. The highest BCUT2D eigenvalue weighted by Crippen LogP contribution is 2.25. The second kappa shape index (κ2) is 14.8. The average molecular weight is 573 g/mol. The molecule has 2 heterocycles. The van der Waals surface area contributed by atoms with Crippen LogP contribution in [0.2, 0.25) is 0 Å². The van der Waals surface area contributed by atoms with Gasteiger partial charge in [0.15, 0.2) is 0 Å². The molecule has 1 aromatic carbocycles. The van der Waals surface area contributed by atoms with E-state index >= 15 is 0 Å². The lowest BCUT2D eigenvalue weighted by Gasteiger charge is -2.35. The SMILES string of the molecule is CC(C)(C)OC(=O)N1CCC(CCC(=O)N2CCC[C@@H](C(=O)N[C@H](CNC(=O)c3ccccc3)CC(=O)O)C2)CC1. The van der Waals surface area contributed by atoms with Gasteiger partial charge in [0.05, 0.1) is 18.4 Å². The number of nitrogens with zero attached hydrogens (tertiary/aromatic N) is 2. The number of likely N-dealkylation sites (tertiary alicyclic amines) is 2. The molecular weight excluding hydrogens is 528 g/mol. The maximum Gasteiger partial charge on any atom is 0.410 e. The number of carbonyl (C=O) groups excluding carboxylic acids is 4. The van der Waals surface area contributed by atoms with Gasteiger partial charge in [-0.15, -0.1) is 0 Å². The van der Waals surface area contributed by atoms with Crippen molar-refractivity contribution in [3.8, 4) is 0 Å². The Morgan fingerprint density at radius 1 is 1.00 bits per heavy atom. The molecule has 11 heteroatoms. The Morgan fingerprint density at radius 3 is 2.32 bits per heavy atom. The summed E-state index contributed by atoms with van der Waals surface area (Å²) in [6.45, 7) is 7.63. The van der Waals surface area contributed by atoms with Gasteiger partial charge >= 0.3 is 12.1 Å². The molecule has 0 radical (unpaired) electrons. The zero-order chi connectivity index (χ0) is 30.0. The molecular formula is C30H44N4O7. The van der Waals surface area contributed by atoms with Crippen LogP contribution in [0.3, 0.4) is 0 Å². The number of carboxylic acids is 1. The predicted molar refractivity (Wildman–Crippen MR) is 152 cm³/mol. The van der Waals surface area contributed by atoms with Gasteiger partial charge in [0.25, 0.3) is 5.91 Å². The van der Waals surface area contributed by atoms with Crippen LogP contribution >= 0.6 is 0 Å². The molecule has 2 saturated heterocycles. The van der Waals surface area contributed by atoms with Crippen molar-refractivity contribution in [1.82, 2.24) is 20.4 Å². The van der Waals surface area contributed by atoms with Gasteiger partial charge in [0.2, 0.25) is 11.8 Å². The van der Waals surface area contributed by atoms with Crippen molar-refractivity contribution in [2.75, 3.05) is 32.7 Å². The fourth-order valence-electron chi connectivity index (χ4n) is 5.25. The number of piperidine rings is 2. The minimum Gasteiger partial charge on any atom is -0.481 e. The van der Waals surface area contributed by atoms with Crippen LogP contribution in [0.15, 0.2) is 30.3 Å². The van der Waals surface area contributed by atoms with E-state index in [2.05, 4.69) is 10.6 Å². The molecule has 226 valence electrons. The summed E-state index contributed by atoms with van der Waals surface area (Å²) in [5.74, 6) is -1.82. The molecule has 2 aliphatic rings. The fourth-order valence-corrected chi connectivity index (χ4v) is 5.25. The van der Waals surface area contributed by atoms with Crippen LogP contribution in [0.25, 0.3) is 0 Å². The number of nitrogens with one attached hydrogen (secondary N) is 2. The first-order chi connectivity index (χ1) is 19.4. The average Bonchev–Trinajstić information content (AvgIpc) is 2.94. The molecule has 0 bridgehead atoms. The largest absolute Gasteiger partial charge is 0.481 e. The molecule has 0 saturated carbocycles. The summed E-state index contributed by atoms with van der Waals surface area (Å²) in [5.41, 5.74) is -0.0816. The molecule has 11 nitrogen and oxygen atoms in total. The van der Waals surface area contributed by atoms with Crippen LogP contribution in [-0.4, -0.2) is 89.1 Å². The number of benzene rings is 1. The standard InChI is InChI=1S/C30H44N4O7/c1-30(2,3)41-29(40)33-16-13-21(14-17-33)11-12-25(35)34-15-7-10-23(20-34)28(39)32-24(18-26(36)37)19-31-27(38)22-8-5-4-6-9-22/h4-6,8-9,21,23-24H,7,10-20H2,1-3H3,(H,31,38)(H,32,39)(H,36,37)/t23-,24+/m1/s1. The van der Waals surface area contributed by atoms with Crippen molar-refractivity contribution in [3.05, 3.63) is 35.9 Å². The Kier molecular flexibility index (Phi) is 11.5. The van der Waals surface area contributed by atoms with Crippen molar-refractivity contribution < 1.29 is 33.8 Å². The number of aliphatic carboxylic acids is 1. The lowest BCUT2D eigenvalue weighted by Crippen LogP contribution is -2.50. The summed E-state index contributed by atoms with van der Waals surface area (Å²) in [5, 5.41) is 14.8. The highest BCUT2D eigenvalue weighted by atomic mass is 16.6. The van der Waals surface area contributed by atoms with Crippen molar-refractivity contribution in [3.63, 3.8) is 0 Å². The molecule has 0 unspecified atom stereocenters. The maximum absolute atomic E-state index is 13.1. The predicted octanol–water partition coefficient (Wildman–Crippen LogP) is 3.04. The first kappa shape index (κ1) is 31.9. The van der Waals surface area contributed by atoms with Crippen molar-refractivity contribution in [1.29, 1.82) is 0 Å². The summed E-state index contributed by atoms with van der Waals surface area (Å²) in [6, 6.07) is 7.79. The third kappa shape index (κ3) is 10.7. The number of carbonyl (C=O) groups is 5. The number of hydrogen-bond acceptors (Lipinski definition) is 6. The van der Waals surface area contributed by atoms with Crippen LogP contribution in [0.5, 0.6) is 0 Å². The Hall–Kier alpha value is -3.63. The molecule has 4 amide bonds. The summed E-state index contributed by atoms with van der Waals surface area (Å²) < 4.78 is 5.45. The number of ether oxygens (including phenoxy) is 1. The Labute approximate surface area is 242 Å². The second-order valence-electron chi connectivity index (χ2n) is 12.0. The van der Waals surface area contributed by atoms with E-state index in [9.17, 15) is 29.1 Å². The van der Waals surface area contributed by atoms with E-state index in [1.807, 2.05) is 20.8 Å². The smallest absolute Gasteiger partial charge is 0.410 e. The first-order valence-electron chi connectivity index (χ1n) is 14.5. The number of rotatable bonds is 10. The Bertz CT molecular complexity index is 1060. The second-order valence-corrected chi connectivity index (χ2v) is 12.0. The van der Waals surface area contributed by atoms with E-state index in [4.69, 9.17) is 4.74 Å². The van der Waals surface area contributed by atoms with Gasteiger partial charge < -0.3 is 30.3 Å². The molecule has 2 aliphatic heterocycles. The topological polar surface area (TPSA) is 145 Å². The minimum absolute atomic E-state index is 0.00859. The van der Waals surface area contributed by atoms with Gasteiger partial charge in [-0.3, -0.25) is 19.2 Å². The molecule has 0 aliphatic carbocycles. The van der Waals surface area contributed by atoms with Crippen molar-refractivity contribution in [2.45, 2.75) is 77.4 Å². The van der Waals surface area contributed by atoms with Crippen molar-refractivity contribution >= 4 is 29.8 Å². The van der Waals surface area contributed by atoms with Gasteiger partial charge in [0, 0.05) is 44.7 Å². The third-order valence-corrected chi connectivity index (χ3v) is 7.49. The van der Waals surface area contributed by atoms with Crippen LogP contribution < -0.4 is 10.6 Å². The van der Waals surface area contributed by atoms with Gasteiger partial charge in [0.1, 0.15) is 5.60 Å². The van der Waals surface area contributed by atoms with E-state index in [1.54, 1.807) is 40.1 Å². The van der Waals surface area contributed by atoms with Crippen LogP contribution in [-0.2, 0) is 19.1 Å². The summed E-state index contributed by atoms with van der Waals surface area (Å²) >= 11 is 0. The molecule has 0 spiro atoms. The van der Waals surface area contributed by atoms with Gasteiger partial charge in [-0.05, 0) is 70.9 Å². The normalized spacial score (nSPS) is 18.8. The number of amides is 4. The lowest BCUT2D eigenvalue weighted by atomic mass is 9.91. The van der Waals surface area contributed by atoms with E-state index in [1.165, 1.54) is 0 Å². The minimum atomic E-state index is -1.08. The van der Waals surface area contributed by atoms with Gasteiger partial charge in [-0.1, -0.05) is 18.2 Å². The number of hydrogen-bond donors (Lipinski definition) is 3. The van der Waals surface area contributed by atoms with E-state index in [0.717, 1.165) is 19.3 Å². The summed E-state index contributed by atoms with van der Waals surface area (Å²) in [4.78, 5) is 65.6. The molecule has 2 fully saturated rings. The zero-order valence-electron chi connectivity index (χ0n) is 24.4. The Morgan fingerprint density at radius 2 is 1.68 bits per heavy atom. The fraction of sp³-hybridized carbons (Fsp3) is 0.633. The molecule has 0 aromatic heterocycles. The van der Waals surface area contributed by atoms with Crippen LogP contribution in [0, 0.1) is 11.8 Å². The monoisotopic (exact) mass is 572 g/mol. The molecule has 3 N–H and O–H groups in total. The van der Waals surface area contributed by atoms with E-state index in [-0.39, 0.29) is 43.3 Å². The van der Waals surface area contributed by atoms with Crippen LogP contribution in [0.4, 0.5) is 4.79 Å². The zero-order valence-corrected chi connectivity index (χ0v) is 24.4. The Balaban J connectivity index is 1.43. The summed E-state index contributed by atoms with van der Waals surface area (Å²) in [6.07, 6.45) is 3.43. The lowest BCUT2D eigenvalue weighted by molar-refractivity contribution is -0.138. The highest BCUT2D eigenvalue weighted by Gasteiger charge is 2.31. The van der Waals surface area contributed by atoms with Gasteiger partial charge in [-0.2, -0.15) is 0 Å². The van der Waals surface area contributed by atoms with Crippen LogP contribution in [0.1, 0.15) is 76.1 Å². The van der Waals surface area contributed by atoms with Gasteiger partial charge in [-0.25, -0.2) is 4.79 Å². The highest BCUT2D eigenvalue weighted by molar-refractivity contribution is 5.94.